The van der Waals surface area contributed by atoms with Crippen molar-refractivity contribution in [3.8, 4) is 0 Å². The van der Waals surface area contributed by atoms with Crippen LogP contribution in [-0.4, -0.2) is 34.1 Å². The highest BCUT2D eigenvalue weighted by molar-refractivity contribution is 5.03. The molecule has 0 aromatic carbocycles. The first kappa shape index (κ1) is 21.4. The maximum atomic E-state index is 9.75. The van der Waals surface area contributed by atoms with Gasteiger partial charge in [0.15, 0.2) is 0 Å². The third kappa shape index (κ3) is 11.0. The van der Waals surface area contributed by atoms with Crippen molar-refractivity contribution in [3.05, 3.63) is 11.8 Å². The third-order valence-corrected chi connectivity index (χ3v) is 4.14. The third-order valence-electron chi connectivity index (χ3n) is 4.14. The number of hydrogen-bond acceptors (Lipinski definition) is 4. The number of aliphatic hydroxyl groups is 3. The molecule has 4 nitrogen and oxygen atoms in total. The largest absolute Gasteiger partial charge is 0.510 e. The van der Waals surface area contributed by atoms with Gasteiger partial charge in [0.25, 0.3) is 0 Å². The number of nitrogens with two attached hydrogens (primary N) is 1. The molecule has 0 fully saturated rings. The van der Waals surface area contributed by atoms with Crippen LogP contribution in [0.2, 0.25) is 0 Å². The summed E-state index contributed by atoms with van der Waals surface area (Å²) in [6.07, 6.45) is 13.2. The van der Waals surface area contributed by atoms with Crippen LogP contribution >= 0.6 is 0 Å². The van der Waals surface area contributed by atoms with Gasteiger partial charge < -0.3 is 21.1 Å². The van der Waals surface area contributed by atoms with E-state index in [2.05, 4.69) is 6.92 Å². The summed E-state index contributed by atoms with van der Waals surface area (Å²) in [7, 11) is 0. The summed E-state index contributed by atoms with van der Waals surface area (Å²) in [5, 5.41) is 28.3. The Morgan fingerprint density at radius 2 is 1.50 bits per heavy atom. The lowest BCUT2D eigenvalue weighted by Crippen LogP contribution is -2.39. The fourth-order valence-electron chi connectivity index (χ4n) is 2.57. The van der Waals surface area contributed by atoms with E-state index < -0.39 is 12.1 Å². The molecule has 22 heavy (non-hydrogen) atoms. The molecular formula is C18H37NO3. The Labute approximate surface area is 136 Å². The maximum Gasteiger partial charge on any atom is 0.128 e. The fraction of sp³-hybridized carbons (Fsp3) is 0.889. The van der Waals surface area contributed by atoms with Crippen LogP contribution in [0.5, 0.6) is 0 Å². The van der Waals surface area contributed by atoms with Gasteiger partial charge >= 0.3 is 0 Å². The molecule has 0 amide bonds. The molecule has 4 heteroatoms. The highest BCUT2D eigenvalue weighted by Crippen LogP contribution is 2.16. The van der Waals surface area contributed by atoms with Crippen LogP contribution in [-0.2, 0) is 0 Å². The topological polar surface area (TPSA) is 86.7 Å². The Balaban J connectivity index is 3.66. The molecular weight excluding hydrogens is 278 g/mol. The SMILES string of the molecule is CCCCCCCCCCCC(C)/C=C(/O)C(O)C(N)CO. The highest BCUT2D eigenvalue weighted by atomic mass is 16.3. The molecule has 0 aliphatic carbocycles. The molecule has 3 unspecified atom stereocenters. The molecule has 0 aliphatic heterocycles. The van der Waals surface area contributed by atoms with Crippen LogP contribution < -0.4 is 5.73 Å². The molecule has 0 spiro atoms. The zero-order valence-electron chi connectivity index (χ0n) is 14.5. The monoisotopic (exact) mass is 315 g/mol. The van der Waals surface area contributed by atoms with Gasteiger partial charge in [-0.2, -0.15) is 0 Å². The highest BCUT2D eigenvalue weighted by Gasteiger charge is 2.18. The van der Waals surface area contributed by atoms with Crippen molar-refractivity contribution in [1.82, 2.24) is 0 Å². The van der Waals surface area contributed by atoms with E-state index in [0.717, 1.165) is 12.8 Å². The van der Waals surface area contributed by atoms with Gasteiger partial charge in [0.05, 0.1) is 12.6 Å². The summed E-state index contributed by atoms with van der Waals surface area (Å²) in [5.41, 5.74) is 5.49. The summed E-state index contributed by atoms with van der Waals surface area (Å²) in [6, 6.07) is -0.823. The quantitative estimate of drug-likeness (QED) is 0.291. The number of hydrogen-bond donors (Lipinski definition) is 4. The lowest BCUT2D eigenvalue weighted by Gasteiger charge is -2.17. The predicted octanol–water partition coefficient (Wildman–Crippen LogP) is 3.67. The van der Waals surface area contributed by atoms with Crippen LogP contribution in [0.15, 0.2) is 11.8 Å². The van der Waals surface area contributed by atoms with Crippen molar-refractivity contribution in [2.24, 2.45) is 11.7 Å². The first-order chi connectivity index (χ1) is 10.5. The molecule has 0 rings (SSSR count). The molecule has 3 atom stereocenters. The van der Waals surface area contributed by atoms with Crippen molar-refractivity contribution in [2.75, 3.05) is 6.61 Å². The predicted molar refractivity (Wildman–Crippen MR) is 92.8 cm³/mol. The van der Waals surface area contributed by atoms with Gasteiger partial charge in [-0.3, -0.25) is 0 Å². The molecule has 132 valence electrons. The van der Waals surface area contributed by atoms with Crippen molar-refractivity contribution in [2.45, 2.75) is 90.2 Å². The van der Waals surface area contributed by atoms with Crippen LogP contribution in [0.25, 0.3) is 0 Å². The minimum atomic E-state index is -1.17. The van der Waals surface area contributed by atoms with E-state index in [4.69, 9.17) is 10.8 Å². The second-order valence-corrected chi connectivity index (χ2v) is 6.48. The van der Waals surface area contributed by atoms with Gasteiger partial charge in [-0.1, -0.05) is 71.6 Å². The van der Waals surface area contributed by atoms with Gasteiger partial charge in [0, 0.05) is 0 Å². The number of allylic oxidation sites excluding steroid dienone is 1. The average molecular weight is 315 g/mol. The van der Waals surface area contributed by atoms with Gasteiger partial charge in [-0.15, -0.1) is 0 Å². The molecule has 0 bridgehead atoms. The second-order valence-electron chi connectivity index (χ2n) is 6.48. The summed E-state index contributed by atoms with van der Waals surface area (Å²) in [5.74, 6) is 0.0927. The van der Waals surface area contributed by atoms with Gasteiger partial charge in [-0.05, 0) is 18.4 Å². The minimum Gasteiger partial charge on any atom is -0.510 e. The lowest BCUT2D eigenvalue weighted by atomic mass is 9.99. The number of unbranched alkanes of at least 4 members (excludes halogenated alkanes) is 8. The van der Waals surface area contributed by atoms with Gasteiger partial charge in [0.1, 0.15) is 11.9 Å². The zero-order valence-corrected chi connectivity index (χ0v) is 14.5. The summed E-state index contributed by atoms with van der Waals surface area (Å²) < 4.78 is 0. The fourth-order valence-corrected chi connectivity index (χ4v) is 2.57. The molecule has 5 N–H and O–H groups in total. The van der Waals surface area contributed by atoms with E-state index in [1.54, 1.807) is 6.08 Å². The maximum absolute atomic E-state index is 9.75. The lowest BCUT2D eigenvalue weighted by molar-refractivity contribution is 0.0977. The van der Waals surface area contributed by atoms with Crippen LogP contribution in [0, 0.1) is 5.92 Å². The molecule has 0 aromatic rings. The van der Waals surface area contributed by atoms with Crippen molar-refractivity contribution < 1.29 is 15.3 Å². The van der Waals surface area contributed by atoms with E-state index in [1.165, 1.54) is 51.4 Å². The van der Waals surface area contributed by atoms with Gasteiger partial charge in [0.2, 0.25) is 0 Å². The van der Waals surface area contributed by atoms with Crippen LogP contribution in [0.4, 0.5) is 0 Å². The number of aliphatic hydroxyl groups excluding tert-OH is 3. The second kappa shape index (κ2) is 14.0. The zero-order chi connectivity index (χ0) is 16.8. The van der Waals surface area contributed by atoms with Crippen molar-refractivity contribution in [1.29, 1.82) is 0 Å². The molecule has 0 saturated heterocycles. The normalized spacial score (nSPS) is 16.5. The Hall–Kier alpha value is -0.580. The van der Waals surface area contributed by atoms with E-state index >= 15 is 0 Å². The summed E-state index contributed by atoms with van der Waals surface area (Å²) in [4.78, 5) is 0. The number of rotatable bonds is 14. The van der Waals surface area contributed by atoms with Crippen molar-refractivity contribution >= 4 is 0 Å². The molecule has 0 heterocycles. The standard InChI is InChI=1S/C18H37NO3/c1-3-4-5-6-7-8-9-10-11-12-15(2)13-17(21)18(22)16(19)14-20/h13,15-16,18,20-22H,3-12,14,19H2,1-2H3/b17-13+. The van der Waals surface area contributed by atoms with E-state index in [0.29, 0.717) is 0 Å². The van der Waals surface area contributed by atoms with Gasteiger partial charge in [-0.25, -0.2) is 0 Å². The molecule has 0 aromatic heterocycles. The smallest absolute Gasteiger partial charge is 0.128 e. The Kier molecular flexibility index (Phi) is 13.7. The minimum absolute atomic E-state index is 0.120. The average Bonchev–Trinajstić information content (AvgIpc) is 2.51. The summed E-state index contributed by atoms with van der Waals surface area (Å²) in [6.45, 7) is 3.92. The first-order valence-electron chi connectivity index (χ1n) is 8.98. The van der Waals surface area contributed by atoms with E-state index in [-0.39, 0.29) is 18.3 Å². The van der Waals surface area contributed by atoms with Crippen molar-refractivity contribution in [3.63, 3.8) is 0 Å². The first-order valence-corrected chi connectivity index (χ1v) is 8.98. The van der Waals surface area contributed by atoms with Crippen LogP contribution in [0.1, 0.15) is 78.1 Å². The Morgan fingerprint density at radius 3 is 2.00 bits per heavy atom. The van der Waals surface area contributed by atoms with Crippen LogP contribution in [0.3, 0.4) is 0 Å². The van der Waals surface area contributed by atoms with E-state index in [1.807, 2.05) is 6.92 Å². The van der Waals surface area contributed by atoms with E-state index in [9.17, 15) is 10.2 Å². The Bertz CT molecular complexity index is 282. The molecule has 0 radical (unpaired) electrons. The summed E-state index contributed by atoms with van der Waals surface area (Å²) >= 11 is 0. The molecule has 0 aliphatic rings. The molecule has 0 saturated carbocycles. The Morgan fingerprint density at radius 1 is 1.00 bits per heavy atom.